The normalized spacial score (nSPS) is 14.7. The van der Waals surface area contributed by atoms with Crippen LogP contribution in [0.2, 0.25) is 0 Å². The van der Waals surface area contributed by atoms with Gasteiger partial charge in [-0.1, -0.05) is 54.3 Å². The molecule has 1 aliphatic rings. The Morgan fingerprint density at radius 3 is 2.53 bits per heavy atom. The van der Waals surface area contributed by atoms with Gasteiger partial charge in [-0.25, -0.2) is 4.79 Å². The zero-order valence-corrected chi connectivity index (χ0v) is 20.6. The molecular formula is C24H16INO4S2. The smallest absolute Gasteiger partial charge is 0.343 e. The van der Waals surface area contributed by atoms with Crippen LogP contribution in [0.1, 0.15) is 15.9 Å². The van der Waals surface area contributed by atoms with E-state index in [0.29, 0.717) is 26.3 Å². The summed E-state index contributed by atoms with van der Waals surface area (Å²) in [6.45, 7) is 0. The van der Waals surface area contributed by atoms with Crippen molar-refractivity contribution in [3.63, 3.8) is 0 Å². The van der Waals surface area contributed by atoms with Gasteiger partial charge in [-0.15, -0.1) is 0 Å². The summed E-state index contributed by atoms with van der Waals surface area (Å²) in [5, 5.41) is 0. The minimum Gasteiger partial charge on any atom is -0.493 e. The number of ether oxygens (including phenoxy) is 2. The van der Waals surface area contributed by atoms with Crippen molar-refractivity contribution in [3.8, 4) is 11.5 Å². The zero-order valence-electron chi connectivity index (χ0n) is 16.8. The minimum absolute atomic E-state index is 0.181. The molecule has 1 fully saturated rings. The molecule has 1 amide bonds. The van der Waals surface area contributed by atoms with Crippen molar-refractivity contribution in [2.75, 3.05) is 12.0 Å². The van der Waals surface area contributed by atoms with Gasteiger partial charge in [-0.3, -0.25) is 9.69 Å². The fraction of sp³-hybridized carbons (Fsp3) is 0.0417. The first-order chi connectivity index (χ1) is 15.5. The maximum atomic E-state index is 12.9. The molecule has 1 saturated heterocycles. The van der Waals surface area contributed by atoms with E-state index >= 15 is 0 Å². The first kappa shape index (κ1) is 22.5. The number of thioether (sulfide) groups is 1. The van der Waals surface area contributed by atoms with Crippen LogP contribution in [0.25, 0.3) is 6.08 Å². The fourth-order valence-electron chi connectivity index (χ4n) is 3.05. The van der Waals surface area contributed by atoms with E-state index in [2.05, 4.69) is 22.6 Å². The molecule has 0 radical (unpaired) electrons. The molecule has 0 spiro atoms. The number of hydrogen-bond donors (Lipinski definition) is 0. The second-order valence-corrected chi connectivity index (χ2v) is 9.58. The van der Waals surface area contributed by atoms with Gasteiger partial charge in [0, 0.05) is 3.57 Å². The molecule has 4 rings (SSSR count). The molecule has 0 atom stereocenters. The average molecular weight is 573 g/mol. The number of thiocarbonyl (C=S) groups is 1. The van der Waals surface area contributed by atoms with E-state index < -0.39 is 5.97 Å². The molecule has 160 valence electrons. The number of amides is 1. The highest BCUT2D eigenvalue weighted by atomic mass is 127. The lowest BCUT2D eigenvalue weighted by molar-refractivity contribution is -0.113. The van der Waals surface area contributed by atoms with Crippen LogP contribution in [0.3, 0.4) is 0 Å². The Kier molecular flexibility index (Phi) is 6.92. The Hall–Kier alpha value is -2.69. The Morgan fingerprint density at radius 1 is 1.03 bits per heavy atom. The van der Waals surface area contributed by atoms with Crippen LogP contribution in [0.4, 0.5) is 5.69 Å². The third-order valence-electron chi connectivity index (χ3n) is 4.56. The Labute approximate surface area is 208 Å². The molecule has 0 N–H and O–H groups in total. The number of nitrogens with zero attached hydrogens (tertiary/aromatic N) is 1. The molecule has 0 unspecified atom stereocenters. The van der Waals surface area contributed by atoms with E-state index in [1.165, 1.54) is 23.8 Å². The molecule has 5 nitrogen and oxygen atoms in total. The van der Waals surface area contributed by atoms with E-state index in [9.17, 15) is 9.59 Å². The lowest BCUT2D eigenvalue weighted by atomic mass is 10.1. The van der Waals surface area contributed by atoms with Crippen LogP contribution < -0.4 is 14.4 Å². The predicted molar refractivity (Wildman–Crippen MR) is 139 cm³/mol. The Balaban J connectivity index is 1.56. The lowest BCUT2D eigenvalue weighted by Crippen LogP contribution is -2.27. The van der Waals surface area contributed by atoms with Gasteiger partial charge in [0.2, 0.25) is 0 Å². The Morgan fingerprint density at radius 2 is 1.81 bits per heavy atom. The number of halogens is 1. The van der Waals surface area contributed by atoms with E-state index in [0.717, 1.165) is 14.8 Å². The number of anilines is 1. The van der Waals surface area contributed by atoms with Gasteiger partial charge in [0.25, 0.3) is 5.91 Å². The second kappa shape index (κ2) is 9.85. The van der Waals surface area contributed by atoms with Crippen molar-refractivity contribution in [2.24, 2.45) is 0 Å². The highest BCUT2D eigenvalue weighted by Gasteiger charge is 2.33. The number of carbonyl (C=O) groups is 2. The monoisotopic (exact) mass is 573 g/mol. The third kappa shape index (κ3) is 4.87. The average Bonchev–Trinajstić information content (AvgIpc) is 3.07. The van der Waals surface area contributed by atoms with E-state index in [1.807, 2.05) is 36.4 Å². The van der Waals surface area contributed by atoms with Crippen molar-refractivity contribution in [3.05, 3.63) is 92.4 Å². The highest BCUT2D eigenvalue weighted by molar-refractivity contribution is 14.1. The molecular weight excluding hydrogens is 557 g/mol. The van der Waals surface area contributed by atoms with Gasteiger partial charge in [-0.05, 0) is 76.7 Å². The number of para-hydroxylation sites is 1. The van der Waals surface area contributed by atoms with Gasteiger partial charge in [0.1, 0.15) is 0 Å². The van der Waals surface area contributed by atoms with Crippen molar-refractivity contribution in [1.82, 2.24) is 0 Å². The largest absolute Gasteiger partial charge is 0.493 e. The van der Waals surface area contributed by atoms with E-state index in [1.54, 1.807) is 42.5 Å². The van der Waals surface area contributed by atoms with Gasteiger partial charge < -0.3 is 9.47 Å². The summed E-state index contributed by atoms with van der Waals surface area (Å²) in [4.78, 5) is 27.4. The number of hydrogen-bond acceptors (Lipinski definition) is 6. The van der Waals surface area contributed by atoms with Gasteiger partial charge in [0.05, 0.1) is 23.3 Å². The first-order valence-corrected chi connectivity index (χ1v) is 11.8. The fourth-order valence-corrected chi connectivity index (χ4v) is 4.89. The van der Waals surface area contributed by atoms with Crippen molar-refractivity contribution in [2.45, 2.75) is 0 Å². The Bertz CT molecular complexity index is 1240. The molecule has 0 aliphatic carbocycles. The SMILES string of the molecule is COc1cc(C=C2SC(=S)N(c3ccccc3)C2=O)ccc1OC(=O)c1cccc(I)c1. The molecule has 3 aromatic carbocycles. The molecule has 8 heteroatoms. The molecule has 32 heavy (non-hydrogen) atoms. The molecule has 3 aromatic rings. The molecule has 0 aromatic heterocycles. The topological polar surface area (TPSA) is 55.8 Å². The zero-order chi connectivity index (χ0) is 22.7. The van der Waals surface area contributed by atoms with Crippen LogP contribution in [0, 0.1) is 3.57 Å². The minimum atomic E-state index is -0.474. The number of methoxy groups -OCH3 is 1. The summed E-state index contributed by atoms with van der Waals surface area (Å²) in [6.07, 6.45) is 1.75. The van der Waals surface area contributed by atoms with Crippen LogP contribution in [-0.2, 0) is 4.79 Å². The molecule has 1 aliphatic heterocycles. The van der Waals surface area contributed by atoms with Crippen LogP contribution >= 0.6 is 46.6 Å². The molecule has 1 heterocycles. The maximum absolute atomic E-state index is 12.9. The second-order valence-electron chi connectivity index (χ2n) is 6.66. The van der Waals surface area contributed by atoms with Crippen molar-refractivity contribution < 1.29 is 19.1 Å². The van der Waals surface area contributed by atoms with Gasteiger partial charge in [-0.2, -0.15) is 0 Å². The summed E-state index contributed by atoms with van der Waals surface area (Å²) < 4.78 is 12.4. The third-order valence-corrected chi connectivity index (χ3v) is 6.53. The molecule has 0 bridgehead atoms. The number of benzene rings is 3. The summed E-state index contributed by atoms with van der Waals surface area (Å²) in [5.74, 6) is 0.0271. The summed E-state index contributed by atoms with van der Waals surface area (Å²) in [6, 6.07) is 21.5. The van der Waals surface area contributed by atoms with E-state index in [-0.39, 0.29) is 5.91 Å². The van der Waals surface area contributed by atoms with Crippen LogP contribution in [0.15, 0.2) is 77.7 Å². The standard InChI is InChI=1S/C24H16INO4S2/c1-29-20-12-15(10-11-19(20)30-23(28)16-6-5-7-17(25)14-16)13-21-22(27)26(24(31)32-21)18-8-3-2-4-9-18/h2-14H,1H3. The lowest BCUT2D eigenvalue weighted by Gasteiger charge is -2.13. The number of rotatable bonds is 5. The first-order valence-electron chi connectivity index (χ1n) is 9.45. The summed E-state index contributed by atoms with van der Waals surface area (Å²) >= 11 is 8.79. The van der Waals surface area contributed by atoms with Crippen molar-refractivity contribution >= 4 is 74.5 Å². The summed E-state index contributed by atoms with van der Waals surface area (Å²) in [7, 11) is 1.50. The van der Waals surface area contributed by atoms with Crippen LogP contribution in [0.5, 0.6) is 11.5 Å². The highest BCUT2D eigenvalue weighted by Crippen LogP contribution is 2.37. The number of esters is 1. The van der Waals surface area contributed by atoms with E-state index in [4.69, 9.17) is 21.7 Å². The predicted octanol–water partition coefficient (Wildman–Crippen LogP) is 5.92. The number of carbonyl (C=O) groups excluding carboxylic acids is 2. The molecule has 0 saturated carbocycles. The van der Waals surface area contributed by atoms with Crippen LogP contribution in [-0.4, -0.2) is 23.3 Å². The quantitative estimate of drug-likeness (QED) is 0.124. The maximum Gasteiger partial charge on any atom is 0.343 e. The van der Waals surface area contributed by atoms with Crippen molar-refractivity contribution in [1.29, 1.82) is 0 Å². The van der Waals surface area contributed by atoms with Gasteiger partial charge >= 0.3 is 5.97 Å². The summed E-state index contributed by atoms with van der Waals surface area (Å²) in [5.41, 5.74) is 1.91. The van der Waals surface area contributed by atoms with Gasteiger partial charge in [0.15, 0.2) is 15.8 Å².